The maximum atomic E-state index is 9.70. The van der Waals surface area contributed by atoms with Crippen molar-refractivity contribution in [3.05, 3.63) is 0 Å². The van der Waals surface area contributed by atoms with Crippen molar-refractivity contribution in [1.29, 1.82) is 0 Å². The zero-order valence-electron chi connectivity index (χ0n) is 8.84. The largest absolute Gasteiger partial charge is 0.389 e. The van der Waals surface area contributed by atoms with Crippen molar-refractivity contribution >= 4 is 0 Å². The van der Waals surface area contributed by atoms with Crippen LogP contribution in [0.2, 0.25) is 0 Å². The van der Waals surface area contributed by atoms with Crippen LogP contribution in [0.15, 0.2) is 0 Å². The first-order valence-corrected chi connectivity index (χ1v) is 5.44. The van der Waals surface area contributed by atoms with Crippen molar-refractivity contribution in [3.8, 4) is 0 Å². The van der Waals surface area contributed by atoms with Crippen molar-refractivity contribution in [1.82, 2.24) is 4.90 Å². The molecule has 1 heterocycles. The van der Waals surface area contributed by atoms with E-state index < -0.39 is 5.60 Å². The molecule has 1 aliphatic carbocycles. The first-order valence-electron chi connectivity index (χ1n) is 5.44. The van der Waals surface area contributed by atoms with E-state index in [1.165, 1.54) is 38.8 Å². The maximum Gasteiger partial charge on any atom is 0.0718 e. The number of hydrogen-bond acceptors (Lipinski definition) is 2. The minimum absolute atomic E-state index is 0.519. The highest BCUT2D eigenvalue weighted by molar-refractivity contribution is 4.96. The lowest BCUT2D eigenvalue weighted by molar-refractivity contribution is 0.0350. The summed E-state index contributed by atoms with van der Waals surface area (Å²) in [5.74, 6) is 0. The van der Waals surface area contributed by atoms with Crippen molar-refractivity contribution in [2.75, 3.05) is 19.6 Å². The Bertz CT molecular complexity index is 191. The van der Waals surface area contributed by atoms with Crippen LogP contribution in [0.1, 0.15) is 39.5 Å². The Morgan fingerprint density at radius 1 is 1.31 bits per heavy atom. The third-order valence-corrected chi connectivity index (χ3v) is 3.54. The monoisotopic (exact) mass is 183 g/mol. The standard InChI is InChI=1S/C11H21NO/c1-10(2,13)8-12-7-6-11(9-12)4-3-5-11/h13H,3-9H2,1-2H3. The summed E-state index contributed by atoms with van der Waals surface area (Å²) in [6.45, 7) is 7.08. The van der Waals surface area contributed by atoms with Gasteiger partial charge in [0.15, 0.2) is 0 Å². The van der Waals surface area contributed by atoms with Gasteiger partial charge in [0.05, 0.1) is 5.60 Å². The van der Waals surface area contributed by atoms with Crippen LogP contribution in [-0.4, -0.2) is 35.2 Å². The predicted octanol–water partition coefficient (Wildman–Crippen LogP) is 1.63. The molecule has 0 bridgehead atoms. The van der Waals surface area contributed by atoms with Gasteiger partial charge in [-0.1, -0.05) is 6.42 Å². The fourth-order valence-corrected chi connectivity index (χ4v) is 2.79. The Balaban J connectivity index is 1.84. The third kappa shape index (κ3) is 2.05. The normalized spacial score (nSPS) is 27.9. The minimum Gasteiger partial charge on any atom is -0.389 e. The molecule has 2 heteroatoms. The van der Waals surface area contributed by atoms with Crippen LogP contribution < -0.4 is 0 Å². The third-order valence-electron chi connectivity index (χ3n) is 3.54. The Kier molecular flexibility index (Phi) is 2.16. The van der Waals surface area contributed by atoms with Crippen LogP contribution in [-0.2, 0) is 0 Å². The highest BCUT2D eigenvalue weighted by Crippen LogP contribution is 2.47. The van der Waals surface area contributed by atoms with Crippen LogP contribution in [0.5, 0.6) is 0 Å². The Morgan fingerprint density at radius 3 is 2.38 bits per heavy atom. The smallest absolute Gasteiger partial charge is 0.0718 e. The molecule has 1 saturated heterocycles. The van der Waals surface area contributed by atoms with Crippen LogP contribution in [0.3, 0.4) is 0 Å². The van der Waals surface area contributed by atoms with E-state index in [2.05, 4.69) is 4.90 Å². The van der Waals surface area contributed by atoms with Crippen molar-refractivity contribution in [2.24, 2.45) is 5.41 Å². The van der Waals surface area contributed by atoms with Gasteiger partial charge in [-0.25, -0.2) is 0 Å². The molecule has 0 amide bonds. The molecule has 0 atom stereocenters. The molecular formula is C11H21NO. The second-order valence-corrected chi connectivity index (χ2v) is 5.63. The summed E-state index contributed by atoms with van der Waals surface area (Å²) in [5, 5.41) is 9.70. The van der Waals surface area contributed by atoms with Gasteiger partial charge in [0.25, 0.3) is 0 Å². The maximum absolute atomic E-state index is 9.70. The van der Waals surface area contributed by atoms with E-state index in [-0.39, 0.29) is 0 Å². The quantitative estimate of drug-likeness (QED) is 0.703. The molecule has 2 fully saturated rings. The van der Waals surface area contributed by atoms with E-state index in [1.54, 1.807) is 0 Å². The molecule has 2 aliphatic rings. The average molecular weight is 183 g/mol. The summed E-state index contributed by atoms with van der Waals surface area (Å²) in [5.41, 5.74) is 0.153. The minimum atomic E-state index is -0.519. The van der Waals surface area contributed by atoms with Gasteiger partial charge < -0.3 is 5.11 Å². The summed E-state index contributed by atoms with van der Waals surface area (Å²) < 4.78 is 0. The molecule has 2 nitrogen and oxygen atoms in total. The first kappa shape index (κ1) is 9.47. The fraction of sp³-hybridized carbons (Fsp3) is 1.00. The van der Waals surface area contributed by atoms with Crippen molar-refractivity contribution in [3.63, 3.8) is 0 Å². The second-order valence-electron chi connectivity index (χ2n) is 5.63. The van der Waals surface area contributed by atoms with E-state index in [0.717, 1.165) is 6.54 Å². The summed E-state index contributed by atoms with van der Waals surface area (Å²) >= 11 is 0. The number of hydrogen-bond donors (Lipinski definition) is 1. The van der Waals surface area contributed by atoms with Crippen molar-refractivity contribution in [2.45, 2.75) is 45.1 Å². The van der Waals surface area contributed by atoms with Crippen LogP contribution in [0.25, 0.3) is 0 Å². The highest BCUT2D eigenvalue weighted by atomic mass is 16.3. The summed E-state index contributed by atoms with van der Waals surface area (Å²) in [7, 11) is 0. The Labute approximate surface area is 80.9 Å². The Morgan fingerprint density at radius 2 is 2.00 bits per heavy atom. The number of likely N-dealkylation sites (tertiary alicyclic amines) is 1. The fourth-order valence-electron chi connectivity index (χ4n) is 2.79. The summed E-state index contributed by atoms with van der Waals surface area (Å²) in [6, 6.07) is 0. The molecule has 1 N–H and O–H groups in total. The highest BCUT2D eigenvalue weighted by Gasteiger charge is 2.43. The average Bonchev–Trinajstić information content (AvgIpc) is 2.26. The van der Waals surface area contributed by atoms with E-state index in [9.17, 15) is 5.11 Å². The molecule has 1 saturated carbocycles. The predicted molar refractivity (Wildman–Crippen MR) is 53.6 cm³/mol. The van der Waals surface area contributed by atoms with Gasteiger partial charge in [-0.3, -0.25) is 4.90 Å². The molecule has 0 aromatic rings. The zero-order valence-corrected chi connectivity index (χ0v) is 8.84. The van der Waals surface area contributed by atoms with Gasteiger partial charge in [0, 0.05) is 13.1 Å². The topological polar surface area (TPSA) is 23.5 Å². The lowest BCUT2D eigenvalue weighted by atomic mass is 9.68. The van der Waals surface area contributed by atoms with E-state index >= 15 is 0 Å². The van der Waals surface area contributed by atoms with E-state index in [4.69, 9.17) is 0 Å². The number of rotatable bonds is 2. The second kappa shape index (κ2) is 2.96. The number of β-amino-alcohol motifs (C(OH)–C–C–N with tert-alkyl or cyclic N) is 1. The first-order chi connectivity index (χ1) is 5.99. The molecule has 13 heavy (non-hydrogen) atoms. The number of nitrogens with zero attached hydrogens (tertiary/aromatic N) is 1. The van der Waals surface area contributed by atoms with Crippen LogP contribution in [0, 0.1) is 5.41 Å². The summed E-state index contributed by atoms with van der Waals surface area (Å²) in [6.07, 6.45) is 5.64. The van der Waals surface area contributed by atoms with E-state index in [0.29, 0.717) is 5.41 Å². The van der Waals surface area contributed by atoms with Gasteiger partial charge in [0.1, 0.15) is 0 Å². The van der Waals surface area contributed by atoms with Gasteiger partial charge in [-0.05, 0) is 45.1 Å². The molecule has 1 spiro atoms. The molecule has 76 valence electrons. The van der Waals surface area contributed by atoms with Gasteiger partial charge in [0.2, 0.25) is 0 Å². The number of aliphatic hydroxyl groups is 1. The molecule has 0 aromatic carbocycles. The lowest BCUT2D eigenvalue weighted by Gasteiger charge is -2.38. The molecule has 0 radical (unpaired) electrons. The summed E-state index contributed by atoms with van der Waals surface area (Å²) in [4.78, 5) is 2.43. The Hall–Kier alpha value is -0.0800. The van der Waals surface area contributed by atoms with E-state index in [1.807, 2.05) is 13.8 Å². The SMILES string of the molecule is CC(C)(O)CN1CCC2(CCC2)C1. The molecule has 1 aliphatic heterocycles. The van der Waals surface area contributed by atoms with Crippen LogP contribution >= 0.6 is 0 Å². The molecule has 0 unspecified atom stereocenters. The molecule has 2 rings (SSSR count). The van der Waals surface area contributed by atoms with Gasteiger partial charge in [-0.15, -0.1) is 0 Å². The van der Waals surface area contributed by atoms with Crippen LogP contribution in [0.4, 0.5) is 0 Å². The van der Waals surface area contributed by atoms with Gasteiger partial charge in [-0.2, -0.15) is 0 Å². The van der Waals surface area contributed by atoms with Crippen molar-refractivity contribution < 1.29 is 5.11 Å². The lowest BCUT2D eigenvalue weighted by Crippen LogP contribution is -2.40. The van der Waals surface area contributed by atoms with Gasteiger partial charge >= 0.3 is 0 Å². The molecular weight excluding hydrogens is 162 g/mol. The molecule has 0 aromatic heterocycles. The zero-order chi connectivity index (χ0) is 9.53.